The molecule has 1 aromatic carbocycles. The smallest absolute Gasteiger partial charge is 0.102 e. The molecule has 108 valence electrons. The SMILES string of the molecule is CC(C)(O)c1ccc2cc(C3NNc4ccsc43)[nH]c2c1. The maximum Gasteiger partial charge on any atom is 0.102 e. The third kappa shape index (κ3) is 2.05. The van der Waals surface area contributed by atoms with Crippen LogP contribution in [0.15, 0.2) is 35.7 Å². The molecule has 1 atom stereocenters. The first-order valence-electron chi connectivity index (χ1n) is 6.97. The Morgan fingerprint density at radius 3 is 2.86 bits per heavy atom. The van der Waals surface area contributed by atoms with Crippen LogP contribution in [0.25, 0.3) is 10.9 Å². The van der Waals surface area contributed by atoms with E-state index in [0.717, 1.165) is 27.8 Å². The van der Waals surface area contributed by atoms with E-state index in [4.69, 9.17) is 0 Å². The number of hydrogen-bond donors (Lipinski definition) is 4. The normalized spacial score (nSPS) is 18.0. The molecule has 4 N–H and O–H groups in total. The van der Waals surface area contributed by atoms with Gasteiger partial charge < -0.3 is 15.5 Å². The zero-order chi connectivity index (χ0) is 14.6. The third-order valence-corrected chi connectivity index (χ3v) is 4.95. The minimum Gasteiger partial charge on any atom is -0.386 e. The van der Waals surface area contributed by atoms with Crippen LogP contribution in [0.1, 0.15) is 36.0 Å². The number of hydrazine groups is 1. The number of nitrogens with one attached hydrogen (secondary N) is 3. The maximum atomic E-state index is 10.1. The number of aromatic nitrogens is 1. The molecule has 0 spiro atoms. The Bertz CT molecular complexity index is 812. The van der Waals surface area contributed by atoms with Gasteiger partial charge in [0.25, 0.3) is 0 Å². The van der Waals surface area contributed by atoms with Crippen molar-refractivity contribution >= 4 is 27.9 Å². The molecule has 0 amide bonds. The first kappa shape index (κ1) is 12.9. The zero-order valence-electron chi connectivity index (χ0n) is 11.9. The predicted octanol–water partition coefficient (Wildman–Crippen LogP) is 3.48. The van der Waals surface area contributed by atoms with E-state index < -0.39 is 5.60 Å². The molecule has 4 rings (SSSR count). The number of benzene rings is 1. The molecule has 0 radical (unpaired) electrons. The number of rotatable bonds is 2. The number of aliphatic hydroxyl groups is 1. The van der Waals surface area contributed by atoms with Crippen molar-refractivity contribution in [2.24, 2.45) is 0 Å². The minimum atomic E-state index is -0.826. The molecular weight excluding hydrogens is 282 g/mol. The van der Waals surface area contributed by atoms with Gasteiger partial charge in [-0.1, -0.05) is 12.1 Å². The average Bonchev–Trinajstić information content (AvgIpc) is 3.10. The highest BCUT2D eigenvalue weighted by atomic mass is 32.1. The summed E-state index contributed by atoms with van der Waals surface area (Å²) in [5, 5.41) is 13.4. The maximum absolute atomic E-state index is 10.1. The van der Waals surface area contributed by atoms with Gasteiger partial charge in [0.2, 0.25) is 0 Å². The first-order valence-corrected chi connectivity index (χ1v) is 7.85. The number of anilines is 1. The summed E-state index contributed by atoms with van der Waals surface area (Å²) >= 11 is 1.75. The molecule has 3 heterocycles. The third-order valence-electron chi connectivity index (χ3n) is 3.97. The second kappa shape index (κ2) is 4.34. The van der Waals surface area contributed by atoms with Gasteiger partial charge in [0, 0.05) is 11.2 Å². The highest BCUT2D eigenvalue weighted by molar-refractivity contribution is 7.10. The fourth-order valence-corrected chi connectivity index (χ4v) is 3.69. The lowest BCUT2D eigenvalue weighted by Gasteiger charge is -2.17. The fraction of sp³-hybridized carbons (Fsp3) is 0.250. The Balaban J connectivity index is 1.78. The van der Waals surface area contributed by atoms with Crippen molar-refractivity contribution in [1.82, 2.24) is 10.4 Å². The van der Waals surface area contributed by atoms with Gasteiger partial charge in [-0.2, -0.15) is 0 Å². The molecular formula is C16H17N3OS. The Labute approximate surface area is 126 Å². The summed E-state index contributed by atoms with van der Waals surface area (Å²) in [6.45, 7) is 3.61. The second-order valence-electron chi connectivity index (χ2n) is 5.99. The highest BCUT2D eigenvalue weighted by Crippen LogP contribution is 2.38. The van der Waals surface area contributed by atoms with Crippen LogP contribution >= 0.6 is 11.3 Å². The first-order chi connectivity index (χ1) is 10.0. The van der Waals surface area contributed by atoms with Crippen molar-refractivity contribution in [3.05, 3.63) is 51.8 Å². The fourth-order valence-electron chi connectivity index (χ4n) is 2.77. The molecule has 1 unspecified atom stereocenters. The molecule has 3 aromatic rings. The molecule has 2 aromatic heterocycles. The number of thiophene rings is 1. The van der Waals surface area contributed by atoms with E-state index in [1.807, 2.05) is 12.1 Å². The molecule has 0 saturated carbocycles. The molecule has 1 aliphatic heterocycles. The quantitative estimate of drug-likeness (QED) is 0.586. The lowest BCUT2D eigenvalue weighted by Crippen LogP contribution is -2.19. The van der Waals surface area contributed by atoms with Crippen LogP contribution < -0.4 is 10.9 Å². The number of aromatic amines is 1. The van der Waals surface area contributed by atoms with Gasteiger partial charge in [0.15, 0.2) is 0 Å². The summed E-state index contributed by atoms with van der Waals surface area (Å²) in [7, 11) is 0. The summed E-state index contributed by atoms with van der Waals surface area (Å²) in [5.41, 5.74) is 9.94. The topological polar surface area (TPSA) is 60.1 Å². The predicted molar refractivity (Wildman–Crippen MR) is 86.5 cm³/mol. The summed E-state index contributed by atoms with van der Waals surface area (Å²) in [5.74, 6) is 0. The van der Waals surface area contributed by atoms with Crippen molar-refractivity contribution in [3.8, 4) is 0 Å². The van der Waals surface area contributed by atoms with Gasteiger partial charge in [-0.15, -0.1) is 11.3 Å². The Hall–Kier alpha value is -1.82. The molecule has 0 bridgehead atoms. The highest BCUT2D eigenvalue weighted by Gasteiger charge is 2.26. The standard InChI is InChI=1S/C16H17N3OS/c1-16(2,20)10-4-3-9-7-13(17-12(9)8-10)14-15-11(18-19-14)5-6-21-15/h3-8,14,17-20H,1-2H3. The Kier molecular flexibility index (Phi) is 2.66. The molecule has 21 heavy (non-hydrogen) atoms. The molecule has 1 aliphatic rings. The van der Waals surface area contributed by atoms with Crippen molar-refractivity contribution in [2.75, 3.05) is 5.43 Å². The van der Waals surface area contributed by atoms with Crippen LogP contribution in [0, 0.1) is 0 Å². The van der Waals surface area contributed by atoms with E-state index >= 15 is 0 Å². The lowest BCUT2D eigenvalue weighted by molar-refractivity contribution is 0.0787. The lowest BCUT2D eigenvalue weighted by atomic mass is 9.98. The number of fused-ring (bicyclic) bond motifs is 2. The van der Waals surface area contributed by atoms with E-state index in [1.165, 1.54) is 4.88 Å². The monoisotopic (exact) mass is 299 g/mol. The summed E-state index contributed by atoms with van der Waals surface area (Å²) in [6.07, 6.45) is 0. The van der Waals surface area contributed by atoms with Crippen LogP contribution in [0.2, 0.25) is 0 Å². The van der Waals surface area contributed by atoms with Gasteiger partial charge in [-0.25, -0.2) is 5.43 Å². The van der Waals surface area contributed by atoms with Crippen molar-refractivity contribution in [1.29, 1.82) is 0 Å². The zero-order valence-corrected chi connectivity index (χ0v) is 12.7. The van der Waals surface area contributed by atoms with E-state index in [-0.39, 0.29) is 6.04 Å². The second-order valence-corrected chi connectivity index (χ2v) is 6.93. The van der Waals surface area contributed by atoms with E-state index in [2.05, 4.69) is 39.4 Å². The van der Waals surface area contributed by atoms with Crippen molar-refractivity contribution in [2.45, 2.75) is 25.5 Å². The van der Waals surface area contributed by atoms with Crippen LogP contribution in [0.3, 0.4) is 0 Å². The van der Waals surface area contributed by atoms with Crippen molar-refractivity contribution < 1.29 is 5.11 Å². The average molecular weight is 299 g/mol. The van der Waals surface area contributed by atoms with E-state index in [0.29, 0.717) is 0 Å². The number of hydrogen-bond acceptors (Lipinski definition) is 4. The van der Waals surface area contributed by atoms with Gasteiger partial charge >= 0.3 is 0 Å². The van der Waals surface area contributed by atoms with Gasteiger partial charge in [-0.3, -0.25) is 0 Å². The van der Waals surface area contributed by atoms with Gasteiger partial charge in [-0.05, 0) is 48.4 Å². The largest absolute Gasteiger partial charge is 0.386 e. The van der Waals surface area contributed by atoms with Crippen molar-refractivity contribution in [3.63, 3.8) is 0 Å². The number of H-pyrrole nitrogens is 1. The molecule has 0 aliphatic carbocycles. The summed E-state index contributed by atoms with van der Waals surface area (Å²) < 4.78 is 0. The van der Waals surface area contributed by atoms with Crippen LogP contribution in [0.4, 0.5) is 5.69 Å². The van der Waals surface area contributed by atoms with Crippen LogP contribution in [-0.4, -0.2) is 10.1 Å². The van der Waals surface area contributed by atoms with Crippen LogP contribution in [0.5, 0.6) is 0 Å². The molecule has 0 saturated heterocycles. The van der Waals surface area contributed by atoms with E-state index in [9.17, 15) is 5.11 Å². The van der Waals surface area contributed by atoms with Crippen LogP contribution in [-0.2, 0) is 5.60 Å². The molecule has 5 heteroatoms. The molecule has 4 nitrogen and oxygen atoms in total. The Morgan fingerprint density at radius 1 is 1.19 bits per heavy atom. The summed E-state index contributed by atoms with van der Waals surface area (Å²) in [6, 6.07) is 10.5. The minimum absolute atomic E-state index is 0.151. The van der Waals surface area contributed by atoms with Gasteiger partial charge in [0.1, 0.15) is 6.04 Å². The van der Waals surface area contributed by atoms with E-state index in [1.54, 1.807) is 25.2 Å². The summed E-state index contributed by atoms with van der Waals surface area (Å²) in [4.78, 5) is 4.77. The molecule has 0 fully saturated rings. The van der Waals surface area contributed by atoms with Gasteiger partial charge in [0.05, 0.1) is 16.2 Å². The Morgan fingerprint density at radius 2 is 2.05 bits per heavy atom.